The van der Waals surface area contributed by atoms with Crippen LogP contribution in [0.5, 0.6) is 11.5 Å². The van der Waals surface area contributed by atoms with E-state index in [1.165, 1.54) is 38.9 Å². The number of methoxy groups -OCH3 is 1. The highest BCUT2D eigenvalue weighted by Crippen LogP contribution is 2.28. The molecule has 0 saturated carbocycles. The van der Waals surface area contributed by atoms with E-state index in [-0.39, 0.29) is 5.63 Å². The molecule has 5 nitrogen and oxygen atoms in total. The van der Waals surface area contributed by atoms with Gasteiger partial charge in [0.05, 0.1) is 19.1 Å². The molecule has 30 heavy (non-hydrogen) atoms. The van der Waals surface area contributed by atoms with E-state index in [0.717, 1.165) is 29.4 Å². The summed E-state index contributed by atoms with van der Waals surface area (Å²) in [4.78, 5) is 14.9. The van der Waals surface area contributed by atoms with E-state index in [0.29, 0.717) is 23.3 Å². The number of rotatable bonds is 12. The summed E-state index contributed by atoms with van der Waals surface area (Å²) in [6, 6.07) is 11.2. The lowest BCUT2D eigenvalue weighted by Crippen LogP contribution is -2.26. The lowest BCUT2D eigenvalue weighted by Gasteiger charge is -2.20. The molecule has 0 amide bonds. The molecule has 2 aromatic carbocycles. The van der Waals surface area contributed by atoms with E-state index in [9.17, 15) is 4.79 Å². The third-order valence-corrected chi connectivity index (χ3v) is 5.36. The van der Waals surface area contributed by atoms with Gasteiger partial charge in [-0.1, -0.05) is 13.8 Å². The normalized spacial score (nSPS) is 11.5. The summed E-state index contributed by atoms with van der Waals surface area (Å²) in [5.74, 6) is 1.37. The van der Waals surface area contributed by atoms with Crippen LogP contribution in [0.3, 0.4) is 0 Å². The third-order valence-electron chi connectivity index (χ3n) is 5.36. The molecule has 5 heteroatoms. The number of hydrogen-bond acceptors (Lipinski definition) is 5. The summed E-state index contributed by atoms with van der Waals surface area (Å²) >= 11 is 0. The fourth-order valence-electron chi connectivity index (χ4n) is 3.88. The van der Waals surface area contributed by atoms with E-state index in [1.54, 1.807) is 13.2 Å². The predicted octanol–water partition coefficient (Wildman–Crippen LogP) is 5.63. The Labute approximate surface area is 178 Å². The van der Waals surface area contributed by atoms with Crippen molar-refractivity contribution in [1.82, 2.24) is 4.90 Å². The van der Waals surface area contributed by atoms with Crippen LogP contribution in [0.4, 0.5) is 0 Å². The van der Waals surface area contributed by atoms with Crippen LogP contribution in [0.25, 0.3) is 21.7 Å². The van der Waals surface area contributed by atoms with Crippen molar-refractivity contribution >= 4 is 21.7 Å². The van der Waals surface area contributed by atoms with Gasteiger partial charge in [0.2, 0.25) is 0 Å². The van der Waals surface area contributed by atoms with Crippen molar-refractivity contribution < 1.29 is 13.9 Å². The van der Waals surface area contributed by atoms with Crippen molar-refractivity contribution in [3.05, 3.63) is 46.8 Å². The van der Waals surface area contributed by atoms with Gasteiger partial charge in [-0.15, -0.1) is 0 Å². The average molecular weight is 412 g/mol. The first kappa shape index (κ1) is 22.2. The second-order valence-electron chi connectivity index (χ2n) is 7.71. The summed E-state index contributed by atoms with van der Waals surface area (Å²) in [6.45, 7) is 8.69. The molecular formula is C25H33NO4. The van der Waals surface area contributed by atoms with Crippen molar-refractivity contribution in [1.29, 1.82) is 0 Å². The lowest BCUT2D eigenvalue weighted by atomic mass is 10.1. The molecule has 1 heterocycles. The van der Waals surface area contributed by atoms with Gasteiger partial charge in [-0.3, -0.25) is 0 Å². The van der Waals surface area contributed by atoms with Gasteiger partial charge in [0.25, 0.3) is 0 Å². The molecule has 0 unspecified atom stereocenters. The number of fused-ring (bicyclic) bond motifs is 3. The molecule has 0 aliphatic carbocycles. The zero-order valence-corrected chi connectivity index (χ0v) is 18.4. The second-order valence-corrected chi connectivity index (χ2v) is 7.71. The predicted molar refractivity (Wildman–Crippen MR) is 123 cm³/mol. The van der Waals surface area contributed by atoms with E-state index < -0.39 is 0 Å². The Morgan fingerprint density at radius 2 is 1.57 bits per heavy atom. The zero-order chi connectivity index (χ0) is 21.3. The third kappa shape index (κ3) is 5.54. The fourth-order valence-corrected chi connectivity index (χ4v) is 3.88. The molecule has 0 atom stereocenters. The molecule has 0 radical (unpaired) electrons. The Balaban J connectivity index is 1.57. The van der Waals surface area contributed by atoms with Crippen LogP contribution in [0.15, 0.2) is 45.6 Å². The molecule has 162 valence electrons. The average Bonchev–Trinajstić information content (AvgIpc) is 2.76. The molecule has 3 rings (SSSR count). The standard InChI is InChI=1S/C25H33NO4/c1-4-13-26(14-5-2)15-7-6-8-16-29-20-10-12-22-21-11-9-19(28-3)17-23(21)25(27)30-24(22)18-20/h9-12,17-18H,4-8,13-16H2,1-3H3. The lowest BCUT2D eigenvalue weighted by molar-refractivity contribution is 0.259. The quantitative estimate of drug-likeness (QED) is 0.220. The Hall–Kier alpha value is -2.53. The van der Waals surface area contributed by atoms with Gasteiger partial charge in [-0.2, -0.15) is 0 Å². The van der Waals surface area contributed by atoms with Crippen molar-refractivity contribution in [3.63, 3.8) is 0 Å². The van der Waals surface area contributed by atoms with Crippen LogP contribution in [0.1, 0.15) is 46.0 Å². The number of unbranched alkanes of at least 4 members (excludes halogenated alkanes) is 2. The molecule has 0 aliphatic rings. The first-order valence-corrected chi connectivity index (χ1v) is 11.1. The highest BCUT2D eigenvalue weighted by molar-refractivity contribution is 6.04. The van der Waals surface area contributed by atoms with Gasteiger partial charge in [0, 0.05) is 16.8 Å². The topological polar surface area (TPSA) is 51.9 Å². The van der Waals surface area contributed by atoms with Crippen LogP contribution in [-0.4, -0.2) is 38.3 Å². The molecule has 0 N–H and O–H groups in total. The van der Waals surface area contributed by atoms with Gasteiger partial charge in [0.15, 0.2) is 0 Å². The van der Waals surface area contributed by atoms with Gasteiger partial charge in [0.1, 0.15) is 17.1 Å². The minimum atomic E-state index is -0.364. The molecule has 0 bridgehead atoms. The fraction of sp³-hybridized carbons (Fsp3) is 0.480. The van der Waals surface area contributed by atoms with Crippen LogP contribution in [-0.2, 0) is 0 Å². The van der Waals surface area contributed by atoms with E-state index in [1.807, 2.05) is 30.3 Å². The first-order chi connectivity index (χ1) is 14.7. The summed E-state index contributed by atoms with van der Waals surface area (Å²) in [5.41, 5.74) is 0.183. The number of benzene rings is 2. The summed E-state index contributed by atoms with van der Waals surface area (Å²) < 4.78 is 16.7. The van der Waals surface area contributed by atoms with Crippen molar-refractivity contribution in [2.75, 3.05) is 33.4 Å². The maximum absolute atomic E-state index is 12.4. The number of nitrogens with zero attached hydrogens (tertiary/aromatic N) is 1. The Morgan fingerprint density at radius 3 is 2.30 bits per heavy atom. The largest absolute Gasteiger partial charge is 0.497 e. The maximum Gasteiger partial charge on any atom is 0.344 e. The highest BCUT2D eigenvalue weighted by atomic mass is 16.5. The van der Waals surface area contributed by atoms with Crippen LogP contribution < -0.4 is 15.1 Å². The Kier molecular flexibility index (Phi) is 8.14. The first-order valence-electron chi connectivity index (χ1n) is 11.1. The Bertz CT molecular complexity index is 1010. The zero-order valence-electron chi connectivity index (χ0n) is 18.4. The number of hydrogen-bond donors (Lipinski definition) is 0. The number of ether oxygens (including phenoxy) is 2. The van der Waals surface area contributed by atoms with Gasteiger partial charge >= 0.3 is 5.63 Å². The SMILES string of the molecule is CCCN(CCC)CCCCCOc1ccc2c(c1)oc(=O)c1cc(OC)ccc12. The van der Waals surface area contributed by atoms with Crippen LogP contribution in [0, 0.1) is 0 Å². The van der Waals surface area contributed by atoms with Crippen molar-refractivity contribution in [3.8, 4) is 11.5 Å². The van der Waals surface area contributed by atoms with E-state index in [4.69, 9.17) is 13.9 Å². The van der Waals surface area contributed by atoms with Gasteiger partial charge < -0.3 is 18.8 Å². The molecule has 0 saturated heterocycles. The minimum Gasteiger partial charge on any atom is -0.497 e. The maximum atomic E-state index is 12.4. The Morgan fingerprint density at radius 1 is 0.833 bits per heavy atom. The molecule has 0 fully saturated rings. The summed E-state index contributed by atoms with van der Waals surface area (Å²) in [7, 11) is 1.58. The summed E-state index contributed by atoms with van der Waals surface area (Å²) in [6.07, 6.45) is 5.80. The molecule has 0 spiro atoms. The van der Waals surface area contributed by atoms with Crippen LogP contribution in [0.2, 0.25) is 0 Å². The van der Waals surface area contributed by atoms with Crippen molar-refractivity contribution in [2.24, 2.45) is 0 Å². The van der Waals surface area contributed by atoms with Crippen LogP contribution >= 0.6 is 0 Å². The molecule has 0 aliphatic heterocycles. The molecule has 1 aromatic heterocycles. The van der Waals surface area contributed by atoms with E-state index >= 15 is 0 Å². The van der Waals surface area contributed by atoms with E-state index in [2.05, 4.69) is 18.7 Å². The summed E-state index contributed by atoms with van der Waals surface area (Å²) in [5, 5.41) is 2.28. The molecule has 3 aromatic rings. The van der Waals surface area contributed by atoms with Gasteiger partial charge in [-0.05, 0) is 82.1 Å². The smallest absolute Gasteiger partial charge is 0.344 e. The van der Waals surface area contributed by atoms with Gasteiger partial charge in [-0.25, -0.2) is 4.79 Å². The second kappa shape index (κ2) is 11.0. The highest BCUT2D eigenvalue weighted by Gasteiger charge is 2.10. The molecular weight excluding hydrogens is 378 g/mol. The monoisotopic (exact) mass is 411 g/mol. The van der Waals surface area contributed by atoms with Crippen molar-refractivity contribution in [2.45, 2.75) is 46.0 Å². The minimum absolute atomic E-state index is 0.364.